The molecule has 1 aromatic carbocycles. The van der Waals surface area contributed by atoms with E-state index in [0.717, 1.165) is 58.4 Å². The van der Waals surface area contributed by atoms with Crippen LogP contribution in [0.15, 0.2) is 29.3 Å². The van der Waals surface area contributed by atoms with Gasteiger partial charge in [0.15, 0.2) is 5.96 Å². The Morgan fingerprint density at radius 3 is 2.30 bits per heavy atom. The Bertz CT molecular complexity index is 613. The number of aliphatic imine (C=N–C) groups is 1. The van der Waals surface area contributed by atoms with Crippen molar-refractivity contribution in [1.82, 2.24) is 20.4 Å². The molecule has 3 rings (SSSR count). The van der Waals surface area contributed by atoms with Gasteiger partial charge in [-0.15, -0.1) is 24.0 Å². The number of ether oxygens (including phenoxy) is 1. The number of halogens is 1. The Morgan fingerprint density at radius 1 is 0.967 bits per heavy atom. The zero-order valence-corrected chi connectivity index (χ0v) is 21.1. The number of guanidine groups is 1. The molecule has 2 aliphatic rings. The van der Waals surface area contributed by atoms with Crippen LogP contribution in [0.5, 0.6) is 0 Å². The molecule has 6 nitrogen and oxygen atoms in total. The highest BCUT2D eigenvalue weighted by Crippen LogP contribution is 2.13. The quantitative estimate of drug-likeness (QED) is 0.308. The van der Waals surface area contributed by atoms with Gasteiger partial charge in [-0.25, -0.2) is 0 Å². The summed E-state index contributed by atoms with van der Waals surface area (Å²) in [5, 5.41) is 6.91. The number of nitrogens with one attached hydrogen (secondary N) is 2. The number of rotatable bonds is 8. The molecule has 0 aromatic heterocycles. The number of benzene rings is 1. The maximum atomic E-state index is 5.43. The van der Waals surface area contributed by atoms with E-state index < -0.39 is 0 Å². The molecule has 0 aliphatic carbocycles. The van der Waals surface area contributed by atoms with E-state index in [2.05, 4.69) is 56.6 Å². The molecule has 7 heteroatoms. The monoisotopic (exact) mass is 529 g/mol. The molecule has 0 spiro atoms. The fraction of sp³-hybridized carbons (Fsp3) is 0.696. The van der Waals surface area contributed by atoms with E-state index in [-0.39, 0.29) is 24.0 Å². The van der Waals surface area contributed by atoms with Crippen molar-refractivity contribution in [1.29, 1.82) is 0 Å². The second-order valence-electron chi connectivity index (χ2n) is 8.48. The third kappa shape index (κ3) is 9.08. The van der Waals surface area contributed by atoms with Crippen molar-refractivity contribution < 1.29 is 4.74 Å². The van der Waals surface area contributed by atoms with Gasteiger partial charge in [0.05, 0.1) is 13.2 Å². The molecule has 0 saturated carbocycles. The Balaban J connectivity index is 0.00000320. The second kappa shape index (κ2) is 14.2. The van der Waals surface area contributed by atoms with Gasteiger partial charge in [0.2, 0.25) is 0 Å². The lowest BCUT2D eigenvalue weighted by atomic mass is 10.1. The first-order valence-corrected chi connectivity index (χ1v) is 11.3. The van der Waals surface area contributed by atoms with E-state index in [9.17, 15) is 0 Å². The molecular weight excluding hydrogens is 489 g/mol. The number of likely N-dealkylation sites (tertiary alicyclic amines) is 1. The summed E-state index contributed by atoms with van der Waals surface area (Å²) in [7, 11) is 1.84. The average Bonchev–Trinajstić information content (AvgIpc) is 2.76. The lowest BCUT2D eigenvalue weighted by molar-refractivity contribution is 0.0320. The number of morpholine rings is 1. The summed E-state index contributed by atoms with van der Waals surface area (Å²) in [5.74, 6) is 1.44. The van der Waals surface area contributed by atoms with E-state index in [1.54, 1.807) is 0 Å². The highest BCUT2D eigenvalue weighted by Gasteiger charge is 2.14. The second-order valence-corrected chi connectivity index (χ2v) is 8.48. The molecule has 0 radical (unpaired) electrons. The average molecular weight is 530 g/mol. The molecule has 1 atom stereocenters. The zero-order valence-electron chi connectivity index (χ0n) is 18.7. The largest absolute Gasteiger partial charge is 0.379 e. The first-order chi connectivity index (χ1) is 14.2. The summed E-state index contributed by atoms with van der Waals surface area (Å²) < 4.78 is 5.43. The van der Waals surface area contributed by atoms with Crippen LogP contribution in [-0.2, 0) is 17.8 Å². The third-order valence-electron chi connectivity index (χ3n) is 5.85. The van der Waals surface area contributed by atoms with E-state index in [1.807, 2.05) is 7.05 Å². The van der Waals surface area contributed by atoms with Crippen LogP contribution in [-0.4, -0.2) is 75.3 Å². The molecule has 170 valence electrons. The van der Waals surface area contributed by atoms with Crippen molar-refractivity contribution in [3.8, 4) is 0 Å². The van der Waals surface area contributed by atoms with Crippen LogP contribution in [0.4, 0.5) is 0 Å². The lowest BCUT2D eigenvalue weighted by Gasteiger charge is -2.29. The van der Waals surface area contributed by atoms with Crippen LogP contribution >= 0.6 is 24.0 Å². The Hall–Kier alpha value is -0.900. The summed E-state index contributed by atoms with van der Waals surface area (Å²) in [4.78, 5) is 9.42. The number of hydrogen-bond acceptors (Lipinski definition) is 4. The van der Waals surface area contributed by atoms with Gasteiger partial charge in [0.1, 0.15) is 0 Å². The topological polar surface area (TPSA) is 52.1 Å². The van der Waals surface area contributed by atoms with Gasteiger partial charge in [0.25, 0.3) is 0 Å². The predicted molar refractivity (Wildman–Crippen MR) is 136 cm³/mol. The van der Waals surface area contributed by atoms with Crippen molar-refractivity contribution in [2.75, 3.05) is 59.5 Å². The van der Waals surface area contributed by atoms with Crippen LogP contribution in [0, 0.1) is 5.92 Å². The van der Waals surface area contributed by atoms with Gasteiger partial charge in [-0.05, 0) is 43.0 Å². The number of piperidine rings is 1. The Morgan fingerprint density at radius 2 is 1.63 bits per heavy atom. The first kappa shape index (κ1) is 25.4. The molecule has 1 unspecified atom stereocenters. The molecule has 0 bridgehead atoms. The molecule has 2 heterocycles. The summed E-state index contributed by atoms with van der Waals surface area (Å²) in [6, 6.07) is 9.01. The fourth-order valence-electron chi connectivity index (χ4n) is 4.10. The van der Waals surface area contributed by atoms with Crippen molar-refractivity contribution in [2.45, 2.75) is 39.3 Å². The number of nitrogens with zero attached hydrogens (tertiary/aromatic N) is 3. The first-order valence-electron chi connectivity index (χ1n) is 11.3. The lowest BCUT2D eigenvalue weighted by Crippen LogP contribution is -2.43. The van der Waals surface area contributed by atoms with Gasteiger partial charge in [-0.2, -0.15) is 0 Å². The molecule has 2 fully saturated rings. The number of hydrogen-bond donors (Lipinski definition) is 2. The van der Waals surface area contributed by atoms with E-state index in [4.69, 9.17) is 4.74 Å². The van der Waals surface area contributed by atoms with E-state index >= 15 is 0 Å². The predicted octanol–water partition coefficient (Wildman–Crippen LogP) is 2.92. The molecule has 2 aliphatic heterocycles. The maximum absolute atomic E-state index is 5.43. The minimum Gasteiger partial charge on any atom is -0.379 e. The van der Waals surface area contributed by atoms with Gasteiger partial charge in [0, 0.05) is 46.3 Å². The van der Waals surface area contributed by atoms with Gasteiger partial charge >= 0.3 is 0 Å². The SMILES string of the molecule is CN=C(NCc1ccc(CN2CCCCC2)cc1)NCC(C)CN1CCOCC1.I. The highest BCUT2D eigenvalue weighted by molar-refractivity contribution is 14.0. The van der Waals surface area contributed by atoms with E-state index in [0.29, 0.717) is 5.92 Å². The van der Waals surface area contributed by atoms with Crippen LogP contribution in [0.1, 0.15) is 37.3 Å². The maximum Gasteiger partial charge on any atom is 0.191 e. The molecular formula is C23H40IN5O. The molecule has 2 N–H and O–H groups in total. The van der Waals surface area contributed by atoms with Crippen LogP contribution in [0.3, 0.4) is 0 Å². The normalized spacial score (nSPS) is 19.7. The molecule has 0 amide bonds. The van der Waals surface area contributed by atoms with Gasteiger partial charge < -0.3 is 15.4 Å². The van der Waals surface area contributed by atoms with E-state index in [1.165, 1.54) is 43.5 Å². The molecule has 2 saturated heterocycles. The molecule has 30 heavy (non-hydrogen) atoms. The third-order valence-corrected chi connectivity index (χ3v) is 5.85. The van der Waals surface area contributed by atoms with Crippen molar-refractivity contribution >= 4 is 29.9 Å². The summed E-state index contributed by atoms with van der Waals surface area (Å²) in [5.41, 5.74) is 2.70. The van der Waals surface area contributed by atoms with Crippen LogP contribution in [0.25, 0.3) is 0 Å². The fourth-order valence-corrected chi connectivity index (χ4v) is 4.10. The van der Waals surface area contributed by atoms with Crippen molar-refractivity contribution in [3.05, 3.63) is 35.4 Å². The summed E-state index contributed by atoms with van der Waals surface area (Å²) in [6.07, 6.45) is 4.08. The van der Waals surface area contributed by atoms with Gasteiger partial charge in [-0.3, -0.25) is 14.8 Å². The smallest absolute Gasteiger partial charge is 0.191 e. The zero-order chi connectivity index (χ0) is 20.3. The van der Waals surface area contributed by atoms with Gasteiger partial charge in [-0.1, -0.05) is 37.6 Å². The minimum absolute atomic E-state index is 0. The Labute approximate surface area is 199 Å². The summed E-state index contributed by atoms with van der Waals surface area (Å²) in [6.45, 7) is 12.5. The summed E-state index contributed by atoms with van der Waals surface area (Å²) >= 11 is 0. The standard InChI is InChI=1S/C23H39N5O.HI/c1-20(18-28-12-14-29-15-13-28)16-25-23(24-2)26-17-21-6-8-22(9-7-21)19-27-10-4-3-5-11-27;/h6-9,20H,3-5,10-19H2,1-2H3,(H2,24,25,26);1H. The van der Waals surface area contributed by atoms with Crippen molar-refractivity contribution in [3.63, 3.8) is 0 Å². The minimum atomic E-state index is 0. The van der Waals surface area contributed by atoms with Crippen LogP contribution < -0.4 is 10.6 Å². The van der Waals surface area contributed by atoms with Crippen LogP contribution in [0.2, 0.25) is 0 Å². The highest BCUT2D eigenvalue weighted by atomic mass is 127. The Kier molecular flexibility index (Phi) is 12.0. The van der Waals surface area contributed by atoms with Crippen molar-refractivity contribution in [2.24, 2.45) is 10.9 Å². The molecule has 1 aromatic rings.